The molecule has 1 amide bonds. The van der Waals surface area contributed by atoms with E-state index in [0.29, 0.717) is 17.0 Å². The quantitative estimate of drug-likeness (QED) is 0.552. The van der Waals surface area contributed by atoms with Crippen LogP contribution in [0.2, 0.25) is 5.02 Å². The fourth-order valence-corrected chi connectivity index (χ4v) is 5.99. The third-order valence-electron chi connectivity index (χ3n) is 7.81. The molecule has 0 radical (unpaired) electrons. The molecule has 3 aromatic rings. The summed E-state index contributed by atoms with van der Waals surface area (Å²) in [4.78, 5) is 22.2. The van der Waals surface area contributed by atoms with Crippen molar-refractivity contribution in [2.45, 2.75) is 31.7 Å². The molecule has 5 rings (SSSR count). The first-order valence-electron chi connectivity index (χ1n) is 12.5. The van der Waals surface area contributed by atoms with Gasteiger partial charge in [0.1, 0.15) is 5.75 Å². The minimum atomic E-state index is 0.0848. The number of likely N-dealkylation sites (tertiary alicyclic amines) is 2. The number of phenols is 1. The number of hydrogen-bond donors (Lipinski definition) is 2. The number of carbonyl (C=O) groups is 1. The highest BCUT2D eigenvalue weighted by Crippen LogP contribution is 2.32. The number of fused-ring (bicyclic) bond motifs is 1. The van der Waals surface area contributed by atoms with Crippen molar-refractivity contribution in [3.8, 4) is 5.75 Å². The zero-order valence-corrected chi connectivity index (χ0v) is 20.6. The van der Waals surface area contributed by atoms with E-state index >= 15 is 0 Å². The number of aliphatic hydroxyl groups excluding tert-OH is 1. The topological polar surface area (TPSA) is 76.9 Å². The van der Waals surface area contributed by atoms with Crippen molar-refractivity contribution in [2.75, 3.05) is 32.8 Å². The highest BCUT2D eigenvalue weighted by Gasteiger charge is 2.34. The predicted octanol–water partition coefficient (Wildman–Crippen LogP) is 4.37. The normalized spacial score (nSPS) is 21.9. The van der Waals surface area contributed by atoms with E-state index in [1.54, 1.807) is 12.3 Å². The van der Waals surface area contributed by atoms with Crippen LogP contribution in [0.25, 0.3) is 10.9 Å². The number of rotatable bonds is 5. The van der Waals surface area contributed by atoms with Gasteiger partial charge < -0.3 is 15.1 Å². The molecule has 3 heterocycles. The van der Waals surface area contributed by atoms with Gasteiger partial charge in [-0.1, -0.05) is 35.9 Å². The monoisotopic (exact) mass is 493 g/mol. The van der Waals surface area contributed by atoms with Gasteiger partial charge in [-0.05, 0) is 73.9 Å². The Morgan fingerprint density at radius 1 is 1.03 bits per heavy atom. The van der Waals surface area contributed by atoms with Gasteiger partial charge in [-0.25, -0.2) is 0 Å². The Balaban J connectivity index is 1.18. The van der Waals surface area contributed by atoms with Crippen LogP contribution in [-0.4, -0.2) is 69.7 Å². The molecule has 2 atom stereocenters. The average molecular weight is 494 g/mol. The van der Waals surface area contributed by atoms with Crippen molar-refractivity contribution in [3.05, 3.63) is 70.9 Å². The van der Waals surface area contributed by atoms with E-state index in [1.165, 1.54) is 0 Å². The third-order valence-corrected chi connectivity index (χ3v) is 8.12. The second-order valence-corrected chi connectivity index (χ2v) is 10.3. The molecule has 0 aliphatic carbocycles. The molecule has 2 aliphatic rings. The Kier molecular flexibility index (Phi) is 7.23. The number of nitrogens with zero attached hydrogens (tertiary/aromatic N) is 3. The number of benzene rings is 2. The molecule has 184 valence electrons. The van der Waals surface area contributed by atoms with Crippen LogP contribution in [0, 0.1) is 11.8 Å². The molecule has 2 aromatic carbocycles. The van der Waals surface area contributed by atoms with Gasteiger partial charge in [0.2, 0.25) is 0 Å². The summed E-state index contributed by atoms with van der Waals surface area (Å²) in [6.45, 7) is 3.53. The first-order chi connectivity index (χ1) is 17.0. The summed E-state index contributed by atoms with van der Waals surface area (Å²) >= 11 is 6.09. The fraction of sp³-hybridized carbons (Fsp3) is 0.429. The molecule has 2 saturated heterocycles. The first-order valence-corrected chi connectivity index (χ1v) is 12.9. The Hall–Kier alpha value is -2.67. The molecule has 6 nitrogen and oxygen atoms in total. The van der Waals surface area contributed by atoms with Gasteiger partial charge >= 0.3 is 0 Å². The van der Waals surface area contributed by atoms with Crippen LogP contribution in [0.1, 0.15) is 35.2 Å². The summed E-state index contributed by atoms with van der Waals surface area (Å²) in [7, 11) is 0. The molecular weight excluding hydrogens is 462 g/mol. The number of pyridine rings is 1. The Bertz CT molecular complexity index is 1190. The number of carbonyl (C=O) groups excluding carboxylic acids is 1. The van der Waals surface area contributed by atoms with Crippen LogP contribution >= 0.6 is 11.6 Å². The molecule has 0 unspecified atom stereocenters. The lowest BCUT2D eigenvalue weighted by atomic mass is 9.80. The van der Waals surface area contributed by atoms with Crippen LogP contribution in [0.5, 0.6) is 5.75 Å². The summed E-state index contributed by atoms with van der Waals surface area (Å²) < 4.78 is 0. The summed E-state index contributed by atoms with van der Waals surface area (Å²) in [5.74, 6) is 0.783. The Labute approximate surface area is 211 Å². The fourth-order valence-electron chi connectivity index (χ4n) is 5.78. The van der Waals surface area contributed by atoms with Gasteiger partial charge in [-0.15, -0.1) is 0 Å². The van der Waals surface area contributed by atoms with E-state index in [2.05, 4.69) is 9.88 Å². The summed E-state index contributed by atoms with van der Waals surface area (Å²) in [5, 5.41) is 21.1. The lowest BCUT2D eigenvalue weighted by Gasteiger charge is -2.44. The lowest BCUT2D eigenvalue weighted by molar-refractivity contribution is 0.0242. The van der Waals surface area contributed by atoms with Crippen LogP contribution in [-0.2, 0) is 6.42 Å². The maximum absolute atomic E-state index is 13.3. The molecule has 2 N–H and O–H groups in total. The maximum atomic E-state index is 13.3. The molecule has 0 spiro atoms. The molecule has 2 fully saturated rings. The zero-order valence-electron chi connectivity index (χ0n) is 19.8. The van der Waals surface area contributed by atoms with E-state index < -0.39 is 0 Å². The number of piperidine rings is 2. The number of amides is 1. The van der Waals surface area contributed by atoms with Crippen LogP contribution in [0.15, 0.2) is 54.7 Å². The van der Waals surface area contributed by atoms with Crippen LogP contribution < -0.4 is 0 Å². The van der Waals surface area contributed by atoms with Gasteiger partial charge in [0.25, 0.3) is 5.91 Å². The van der Waals surface area contributed by atoms with E-state index in [1.807, 2.05) is 47.4 Å². The molecule has 7 heteroatoms. The van der Waals surface area contributed by atoms with Gasteiger partial charge in [0, 0.05) is 43.9 Å². The van der Waals surface area contributed by atoms with Crippen molar-refractivity contribution >= 4 is 28.4 Å². The second kappa shape index (κ2) is 10.5. The van der Waals surface area contributed by atoms with Crippen molar-refractivity contribution in [1.29, 1.82) is 0 Å². The summed E-state index contributed by atoms with van der Waals surface area (Å²) in [6.07, 6.45) is 5.49. The number of halogens is 1. The van der Waals surface area contributed by atoms with Crippen molar-refractivity contribution < 1.29 is 15.0 Å². The summed E-state index contributed by atoms with van der Waals surface area (Å²) in [6, 6.07) is 15.5. The van der Waals surface area contributed by atoms with Gasteiger partial charge in [-0.3, -0.25) is 14.7 Å². The highest BCUT2D eigenvalue weighted by atomic mass is 35.5. The number of aromatic nitrogens is 1. The predicted molar refractivity (Wildman–Crippen MR) is 138 cm³/mol. The van der Waals surface area contributed by atoms with Gasteiger partial charge in [0.05, 0.1) is 16.1 Å². The van der Waals surface area contributed by atoms with Crippen molar-refractivity contribution in [1.82, 2.24) is 14.8 Å². The van der Waals surface area contributed by atoms with Gasteiger partial charge in [-0.2, -0.15) is 0 Å². The number of aliphatic hydroxyl groups is 1. The van der Waals surface area contributed by atoms with E-state index in [4.69, 9.17) is 11.6 Å². The molecule has 35 heavy (non-hydrogen) atoms. The zero-order chi connectivity index (χ0) is 24.4. The van der Waals surface area contributed by atoms with Crippen LogP contribution in [0.3, 0.4) is 0 Å². The van der Waals surface area contributed by atoms with Crippen molar-refractivity contribution in [2.24, 2.45) is 11.8 Å². The van der Waals surface area contributed by atoms with E-state index in [-0.39, 0.29) is 24.2 Å². The Morgan fingerprint density at radius 2 is 1.83 bits per heavy atom. The number of para-hydroxylation sites is 1. The number of aromatic hydroxyl groups is 1. The number of phenolic OH excluding ortho intramolecular Hbond substituents is 1. The molecule has 2 aliphatic heterocycles. The minimum absolute atomic E-state index is 0.0848. The van der Waals surface area contributed by atoms with Crippen molar-refractivity contribution in [3.63, 3.8) is 0 Å². The molecule has 1 aromatic heterocycles. The lowest BCUT2D eigenvalue weighted by Crippen LogP contribution is -2.52. The van der Waals surface area contributed by atoms with E-state index in [9.17, 15) is 15.0 Å². The highest BCUT2D eigenvalue weighted by molar-refractivity contribution is 6.32. The largest absolute Gasteiger partial charge is 0.506 e. The van der Waals surface area contributed by atoms with E-state index in [0.717, 1.165) is 73.9 Å². The van der Waals surface area contributed by atoms with Crippen LogP contribution in [0.4, 0.5) is 0 Å². The SMILES string of the molecule is O=C(c1ccnc2ccccc12)N1CCC(N2CC[C@H](Cc3ccc(O)c(Cl)c3)[C@H](CO)C2)CC1. The smallest absolute Gasteiger partial charge is 0.254 e. The second-order valence-electron chi connectivity index (χ2n) is 9.88. The summed E-state index contributed by atoms with van der Waals surface area (Å²) in [5.41, 5.74) is 2.67. The molecular formula is C28H32ClN3O3. The molecule has 0 bridgehead atoms. The average Bonchev–Trinajstić information content (AvgIpc) is 2.90. The number of hydrogen-bond acceptors (Lipinski definition) is 5. The maximum Gasteiger partial charge on any atom is 0.254 e. The standard InChI is InChI=1S/C28H32ClN3O3/c29-25-16-19(5-6-27(25)34)15-20-8-12-32(17-21(20)18-33)22-9-13-31(14-10-22)28(35)24-7-11-30-26-4-2-1-3-23(24)26/h1-7,11,16,20-22,33-34H,8-10,12-15,17-18H2/t20-,21+/m1/s1. The minimum Gasteiger partial charge on any atom is -0.506 e. The third kappa shape index (κ3) is 5.15. The molecule has 0 saturated carbocycles. The Morgan fingerprint density at radius 3 is 2.60 bits per heavy atom. The van der Waals surface area contributed by atoms with Gasteiger partial charge in [0.15, 0.2) is 0 Å². The first kappa shape index (κ1) is 24.0.